The molecule has 2 aromatic rings. The summed E-state index contributed by atoms with van der Waals surface area (Å²) in [5.74, 6) is 0.509. The van der Waals surface area contributed by atoms with Crippen molar-refractivity contribution in [3.05, 3.63) is 66.2 Å². The lowest BCUT2D eigenvalue weighted by atomic mass is 10.2. The maximum atomic E-state index is 12.4. The first-order valence-corrected chi connectivity index (χ1v) is 8.61. The van der Waals surface area contributed by atoms with Gasteiger partial charge in [0.05, 0.1) is 18.5 Å². The number of benzene rings is 2. The highest BCUT2D eigenvalue weighted by Crippen LogP contribution is 2.24. The van der Waals surface area contributed by atoms with Gasteiger partial charge < -0.3 is 10.1 Å². The molecule has 0 saturated carbocycles. The van der Waals surface area contributed by atoms with Crippen molar-refractivity contribution in [3.8, 4) is 5.75 Å². The van der Waals surface area contributed by atoms with Crippen LogP contribution in [0.15, 0.2) is 65.8 Å². The lowest BCUT2D eigenvalue weighted by molar-refractivity contribution is -0.121. The van der Waals surface area contributed by atoms with Gasteiger partial charge in [0, 0.05) is 0 Å². The molecule has 0 heterocycles. The second-order valence-corrected chi connectivity index (χ2v) is 5.78. The molecule has 1 unspecified atom stereocenters. The molecule has 0 bridgehead atoms. The summed E-state index contributed by atoms with van der Waals surface area (Å²) in [6.07, 6.45) is 4.44. The van der Waals surface area contributed by atoms with Crippen LogP contribution in [0.4, 0.5) is 5.69 Å². The SMILES string of the molecule is CCC(Nc1ccccc1OC)C(=O)NN=C(C)/C=C/c1ccccc1. The van der Waals surface area contributed by atoms with Crippen molar-refractivity contribution in [1.82, 2.24) is 5.43 Å². The van der Waals surface area contributed by atoms with E-state index in [2.05, 4.69) is 15.8 Å². The second-order valence-electron chi connectivity index (χ2n) is 5.78. The van der Waals surface area contributed by atoms with E-state index in [1.165, 1.54) is 0 Å². The van der Waals surface area contributed by atoms with Crippen LogP contribution in [0.25, 0.3) is 6.08 Å². The monoisotopic (exact) mass is 351 g/mol. The molecular formula is C21H25N3O2. The fourth-order valence-electron chi connectivity index (χ4n) is 2.34. The van der Waals surface area contributed by atoms with Gasteiger partial charge in [-0.3, -0.25) is 4.79 Å². The Labute approximate surface area is 154 Å². The molecule has 1 amide bonds. The summed E-state index contributed by atoms with van der Waals surface area (Å²) in [7, 11) is 1.61. The van der Waals surface area contributed by atoms with Gasteiger partial charge in [-0.15, -0.1) is 0 Å². The van der Waals surface area contributed by atoms with E-state index in [1.54, 1.807) is 7.11 Å². The molecule has 2 aromatic carbocycles. The van der Waals surface area contributed by atoms with Crippen LogP contribution in [0.5, 0.6) is 5.75 Å². The molecule has 2 rings (SSSR count). The molecule has 0 aliphatic heterocycles. The normalized spacial score (nSPS) is 12.7. The van der Waals surface area contributed by atoms with Gasteiger partial charge in [0.2, 0.25) is 0 Å². The number of nitrogens with one attached hydrogen (secondary N) is 2. The zero-order valence-electron chi connectivity index (χ0n) is 15.4. The van der Waals surface area contributed by atoms with E-state index >= 15 is 0 Å². The molecular weight excluding hydrogens is 326 g/mol. The van der Waals surface area contributed by atoms with Crippen molar-refractivity contribution in [1.29, 1.82) is 0 Å². The number of amides is 1. The van der Waals surface area contributed by atoms with Crippen LogP contribution in [-0.4, -0.2) is 24.8 Å². The maximum Gasteiger partial charge on any atom is 0.262 e. The summed E-state index contributed by atoms with van der Waals surface area (Å²) in [6, 6.07) is 17.0. The Bertz CT molecular complexity index is 770. The van der Waals surface area contributed by atoms with Crippen molar-refractivity contribution >= 4 is 23.4 Å². The number of ether oxygens (including phenoxy) is 1. The van der Waals surface area contributed by atoms with Crippen LogP contribution in [0.2, 0.25) is 0 Å². The molecule has 1 atom stereocenters. The predicted octanol–water partition coefficient (Wildman–Crippen LogP) is 4.09. The highest BCUT2D eigenvalue weighted by Gasteiger charge is 2.17. The molecule has 136 valence electrons. The van der Waals surface area contributed by atoms with Crippen LogP contribution in [0.3, 0.4) is 0 Å². The van der Waals surface area contributed by atoms with E-state index in [0.717, 1.165) is 11.3 Å². The number of anilines is 1. The van der Waals surface area contributed by atoms with Gasteiger partial charge in [-0.25, -0.2) is 5.43 Å². The van der Waals surface area contributed by atoms with Crippen molar-refractivity contribution in [2.24, 2.45) is 5.10 Å². The summed E-state index contributed by atoms with van der Waals surface area (Å²) < 4.78 is 5.31. The fourth-order valence-corrected chi connectivity index (χ4v) is 2.34. The molecule has 0 aromatic heterocycles. The third kappa shape index (κ3) is 5.77. The Morgan fingerprint density at radius 1 is 1.15 bits per heavy atom. The molecule has 5 heteroatoms. The van der Waals surface area contributed by atoms with Crippen LogP contribution in [-0.2, 0) is 4.79 Å². The Morgan fingerprint density at radius 3 is 2.54 bits per heavy atom. The first-order chi connectivity index (χ1) is 12.6. The zero-order chi connectivity index (χ0) is 18.8. The third-order valence-electron chi connectivity index (χ3n) is 3.82. The van der Waals surface area contributed by atoms with E-state index in [1.807, 2.05) is 80.6 Å². The summed E-state index contributed by atoms with van der Waals surface area (Å²) >= 11 is 0. The number of allylic oxidation sites excluding steroid dienone is 1. The first kappa shape index (κ1) is 19.2. The Kier molecular flexibility index (Phi) is 7.43. The van der Waals surface area contributed by atoms with Crippen molar-refractivity contribution < 1.29 is 9.53 Å². The van der Waals surface area contributed by atoms with Gasteiger partial charge in [0.15, 0.2) is 0 Å². The summed E-state index contributed by atoms with van der Waals surface area (Å²) in [5, 5.41) is 7.36. The summed E-state index contributed by atoms with van der Waals surface area (Å²) in [6.45, 7) is 3.78. The molecule has 0 spiro atoms. The fraction of sp³-hybridized carbons (Fsp3) is 0.238. The van der Waals surface area contributed by atoms with Crippen molar-refractivity contribution in [2.45, 2.75) is 26.3 Å². The molecule has 5 nitrogen and oxygen atoms in total. The largest absolute Gasteiger partial charge is 0.495 e. The quantitative estimate of drug-likeness (QED) is 0.556. The molecule has 0 radical (unpaired) electrons. The lowest BCUT2D eigenvalue weighted by Crippen LogP contribution is -2.37. The van der Waals surface area contributed by atoms with Crippen LogP contribution in [0, 0.1) is 0 Å². The van der Waals surface area contributed by atoms with E-state index in [0.29, 0.717) is 17.9 Å². The third-order valence-corrected chi connectivity index (χ3v) is 3.82. The molecule has 0 aliphatic rings. The lowest BCUT2D eigenvalue weighted by Gasteiger charge is -2.18. The van der Waals surface area contributed by atoms with Crippen LogP contribution in [0.1, 0.15) is 25.8 Å². The Balaban J connectivity index is 1.96. The van der Waals surface area contributed by atoms with E-state index in [-0.39, 0.29) is 5.91 Å². The average Bonchev–Trinajstić information content (AvgIpc) is 2.69. The van der Waals surface area contributed by atoms with Gasteiger partial charge in [-0.1, -0.05) is 55.5 Å². The minimum absolute atomic E-state index is 0.189. The maximum absolute atomic E-state index is 12.4. The molecule has 0 saturated heterocycles. The standard InChI is InChI=1S/C21H25N3O2/c1-4-18(22-19-12-8-9-13-20(19)26-3)21(25)24-23-16(2)14-15-17-10-6-5-7-11-17/h5-15,18,22H,4H2,1-3H3,(H,24,25)/b15-14+,23-16?. The topological polar surface area (TPSA) is 62.7 Å². The molecule has 26 heavy (non-hydrogen) atoms. The molecule has 0 fully saturated rings. The number of hydrogen-bond acceptors (Lipinski definition) is 4. The number of hydrogen-bond donors (Lipinski definition) is 2. The van der Waals surface area contributed by atoms with E-state index in [9.17, 15) is 4.79 Å². The van der Waals surface area contributed by atoms with Gasteiger partial charge in [0.25, 0.3) is 5.91 Å². The van der Waals surface area contributed by atoms with E-state index in [4.69, 9.17) is 4.74 Å². The zero-order valence-corrected chi connectivity index (χ0v) is 15.4. The highest BCUT2D eigenvalue weighted by atomic mass is 16.5. The molecule has 0 aliphatic carbocycles. The number of nitrogens with zero attached hydrogens (tertiary/aromatic N) is 1. The minimum Gasteiger partial charge on any atom is -0.495 e. The van der Waals surface area contributed by atoms with Gasteiger partial charge in [-0.05, 0) is 37.1 Å². The number of carbonyl (C=O) groups excluding carboxylic acids is 1. The summed E-state index contributed by atoms with van der Waals surface area (Å²) in [5.41, 5.74) is 5.20. The van der Waals surface area contributed by atoms with Crippen LogP contribution < -0.4 is 15.5 Å². The van der Waals surface area contributed by atoms with Crippen molar-refractivity contribution in [3.63, 3.8) is 0 Å². The number of methoxy groups -OCH3 is 1. The Morgan fingerprint density at radius 2 is 1.85 bits per heavy atom. The smallest absolute Gasteiger partial charge is 0.262 e. The van der Waals surface area contributed by atoms with Gasteiger partial charge in [0.1, 0.15) is 11.8 Å². The Hall–Kier alpha value is -3.08. The average molecular weight is 351 g/mol. The molecule has 2 N–H and O–H groups in total. The predicted molar refractivity (Wildman–Crippen MR) is 107 cm³/mol. The number of para-hydroxylation sites is 2. The summed E-state index contributed by atoms with van der Waals surface area (Å²) in [4.78, 5) is 12.4. The second kappa shape index (κ2) is 10.0. The first-order valence-electron chi connectivity index (χ1n) is 8.61. The minimum atomic E-state index is -0.402. The number of rotatable bonds is 8. The van der Waals surface area contributed by atoms with E-state index < -0.39 is 6.04 Å². The number of hydrazone groups is 1. The van der Waals surface area contributed by atoms with Crippen molar-refractivity contribution in [2.75, 3.05) is 12.4 Å². The number of carbonyl (C=O) groups is 1. The highest BCUT2D eigenvalue weighted by molar-refractivity contribution is 5.97. The van der Waals surface area contributed by atoms with Gasteiger partial charge >= 0.3 is 0 Å². The van der Waals surface area contributed by atoms with Gasteiger partial charge in [-0.2, -0.15) is 5.10 Å². The van der Waals surface area contributed by atoms with Crippen LogP contribution >= 0.6 is 0 Å².